The van der Waals surface area contributed by atoms with Crippen molar-refractivity contribution in [3.63, 3.8) is 0 Å². The van der Waals surface area contributed by atoms with Crippen LogP contribution in [0.3, 0.4) is 0 Å². The first-order chi connectivity index (χ1) is 8.68. The molecule has 1 N–H and O–H groups in total. The maximum atomic E-state index is 13.4. The van der Waals surface area contributed by atoms with Crippen molar-refractivity contribution in [2.75, 3.05) is 0 Å². The number of carbonyl (C=O) groups excluding carboxylic acids is 1. The Kier molecular flexibility index (Phi) is 3.67. The molecule has 1 atom stereocenters. The third-order valence-corrected chi connectivity index (χ3v) is 2.67. The van der Waals surface area contributed by atoms with E-state index in [1.165, 1.54) is 12.1 Å². The minimum atomic E-state index is -0.517. The highest BCUT2D eigenvalue weighted by atomic mass is 19.1. The minimum Gasteiger partial charge on any atom is -0.345 e. The van der Waals surface area contributed by atoms with Crippen LogP contribution in [0, 0.1) is 5.82 Å². The second kappa shape index (κ2) is 5.40. The largest absolute Gasteiger partial charge is 0.345 e. The van der Waals surface area contributed by atoms with E-state index in [0.29, 0.717) is 0 Å². The highest BCUT2D eigenvalue weighted by Gasteiger charge is 2.14. The molecule has 0 radical (unpaired) electrons. The highest BCUT2D eigenvalue weighted by Crippen LogP contribution is 2.13. The average molecular weight is 244 g/mol. The Hall–Kier alpha value is -2.23. The number of hydrogen-bond acceptors (Lipinski definition) is 2. The van der Waals surface area contributed by atoms with Crippen molar-refractivity contribution in [3.8, 4) is 0 Å². The molecule has 2 rings (SSSR count). The Labute approximate surface area is 105 Å². The van der Waals surface area contributed by atoms with Crippen molar-refractivity contribution in [1.82, 2.24) is 10.3 Å². The van der Waals surface area contributed by atoms with Gasteiger partial charge in [-0.3, -0.25) is 9.78 Å². The number of nitrogens with zero attached hydrogens (tertiary/aromatic N) is 1. The molecule has 1 heterocycles. The summed E-state index contributed by atoms with van der Waals surface area (Å²) >= 11 is 0. The number of halogens is 1. The topological polar surface area (TPSA) is 42.0 Å². The summed E-state index contributed by atoms with van der Waals surface area (Å²) in [5, 5.41) is 2.75. The van der Waals surface area contributed by atoms with E-state index in [4.69, 9.17) is 0 Å². The highest BCUT2D eigenvalue weighted by molar-refractivity contribution is 5.94. The van der Waals surface area contributed by atoms with Crippen molar-refractivity contribution in [2.45, 2.75) is 13.0 Å². The Bertz CT molecular complexity index is 543. The fourth-order valence-corrected chi connectivity index (χ4v) is 1.66. The monoisotopic (exact) mass is 244 g/mol. The normalized spacial score (nSPS) is 11.9. The van der Waals surface area contributed by atoms with Crippen molar-refractivity contribution >= 4 is 5.91 Å². The van der Waals surface area contributed by atoms with Crippen LogP contribution in [-0.2, 0) is 0 Å². The molecular weight excluding hydrogens is 231 g/mol. The summed E-state index contributed by atoms with van der Waals surface area (Å²) in [6.07, 6.45) is 3.31. The van der Waals surface area contributed by atoms with Crippen LogP contribution < -0.4 is 5.32 Å². The fourth-order valence-electron chi connectivity index (χ4n) is 1.66. The molecule has 18 heavy (non-hydrogen) atoms. The molecule has 0 aliphatic rings. The quantitative estimate of drug-likeness (QED) is 0.902. The van der Waals surface area contributed by atoms with Gasteiger partial charge in [-0.1, -0.05) is 12.1 Å². The molecule has 0 spiro atoms. The summed E-state index contributed by atoms with van der Waals surface area (Å²) in [7, 11) is 0. The lowest BCUT2D eigenvalue weighted by Gasteiger charge is -2.14. The molecule has 3 nitrogen and oxygen atoms in total. The Morgan fingerprint density at radius 1 is 1.22 bits per heavy atom. The summed E-state index contributed by atoms with van der Waals surface area (Å²) in [5.74, 6) is -0.936. The van der Waals surface area contributed by atoms with Gasteiger partial charge in [0.05, 0.1) is 11.6 Å². The zero-order valence-electron chi connectivity index (χ0n) is 9.93. The number of benzene rings is 1. The Balaban J connectivity index is 2.11. The van der Waals surface area contributed by atoms with E-state index >= 15 is 0 Å². The molecule has 0 fully saturated rings. The molecule has 0 aliphatic carbocycles. The van der Waals surface area contributed by atoms with Gasteiger partial charge in [-0.25, -0.2) is 4.39 Å². The predicted octanol–water partition coefficient (Wildman–Crippen LogP) is 2.71. The zero-order chi connectivity index (χ0) is 13.0. The molecule has 0 aliphatic heterocycles. The summed E-state index contributed by atoms with van der Waals surface area (Å²) in [4.78, 5) is 15.8. The molecule has 92 valence electrons. The van der Waals surface area contributed by atoms with Gasteiger partial charge in [0.15, 0.2) is 0 Å². The third-order valence-electron chi connectivity index (χ3n) is 2.67. The lowest BCUT2D eigenvalue weighted by atomic mass is 10.1. The van der Waals surface area contributed by atoms with E-state index in [-0.39, 0.29) is 11.6 Å². The molecule has 1 aromatic carbocycles. The van der Waals surface area contributed by atoms with E-state index in [1.807, 2.05) is 19.1 Å². The van der Waals surface area contributed by atoms with Gasteiger partial charge in [0.25, 0.3) is 5.91 Å². The number of rotatable bonds is 3. The molecular formula is C14H13FN2O. The van der Waals surface area contributed by atoms with Crippen LogP contribution >= 0.6 is 0 Å². The van der Waals surface area contributed by atoms with Crippen molar-refractivity contribution < 1.29 is 9.18 Å². The van der Waals surface area contributed by atoms with E-state index in [0.717, 1.165) is 5.56 Å². The number of pyridine rings is 1. The first-order valence-corrected chi connectivity index (χ1v) is 5.64. The van der Waals surface area contributed by atoms with Gasteiger partial charge in [-0.2, -0.15) is 0 Å². The summed E-state index contributed by atoms with van der Waals surface area (Å²) in [6.45, 7) is 1.84. The van der Waals surface area contributed by atoms with Crippen molar-refractivity contribution in [2.24, 2.45) is 0 Å². The molecule has 0 saturated heterocycles. The Morgan fingerprint density at radius 2 is 1.89 bits per heavy atom. The molecule has 0 bridgehead atoms. The van der Waals surface area contributed by atoms with Crippen LogP contribution in [0.5, 0.6) is 0 Å². The van der Waals surface area contributed by atoms with Gasteiger partial charge in [0.2, 0.25) is 0 Å². The van der Waals surface area contributed by atoms with Crippen molar-refractivity contribution in [1.29, 1.82) is 0 Å². The lowest BCUT2D eigenvalue weighted by Crippen LogP contribution is -2.27. The fraction of sp³-hybridized carbons (Fsp3) is 0.143. The van der Waals surface area contributed by atoms with Crippen LogP contribution in [-0.4, -0.2) is 10.9 Å². The second-order valence-electron chi connectivity index (χ2n) is 3.96. The van der Waals surface area contributed by atoms with Crippen molar-refractivity contribution in [3.05, 3.63) is 65.7 Å². The van der Waals surface area contributed by atoms with Gasteiger partial charge in [0, 0.05) is 12.4 Å². The van der Waals surface area contributed by atoms with Crippen LogP contribution in [0.2, 0.25) is 0 Å². The average Bonchev–Trinajstić information content (AvgIpc) is 2.40. The number of nitrogens with one attached hydrogen (secondary N) is 1. The first kappa shape index (κ1) is 12.2. The summed E-state index contributed by atoms with van der Waals surface area (Å²) < 4.78 is 13.4. The van der Waals surface area contributed by atoms with Gasteiger partial charge in [-0.15, -0.1) is 0 Å². The van der Waals surface area contributed by atoms with Crippen LogP contribution in [0.15, 0.2) is 48.8 Å². The van der Waals surface area contributed by atoms with Gasteiger partial charge in [-0.05, 0) is 36.8 Å². The predicted molar refractivity (Wildman–Crippen MR) is 66.5 cm³/mol. The standard InChI is InChI=1S/C14H13FN2O/c1-10(11-6-8-16-9-7-11)17-14(18)12-4-2-3-5-13(12)15/h2-10H,1H3,(H,17,18)/t10-/m0/s1. The van der Waals surface area contributed by atoms with E-state index < -0.39 is 11.7 Å². The molecule has 2 aromatic rings. The van der Waals surface area contributed by atoms with Gasteiger partial charge in [0.1, 0.15) is 5.82 Å². The number of hydrogen-bond donors (Lipinski definition) is 1. The second-order valence-corrected chi connectivity index (χ2v) is 3.96. The molecule has 4 heteroatoms. The number of aromatic nitrogens is 1. The maximum Gasteiger partial charge on any atom is 0.254 e. The number of carbonyl (C=O) groups is 1. The third kappa shape index (κ3) is 2.71. The Morgan fingerprint density at radius 3 is 2.56 bits per heavy atom. The first-order valence-electron chi connectivity index (χ1n) is 5.64. The van der Waals surface area contributed by atoms with Gasteiger partial charge < -0.3 is 5.32 Å². The van der Waals surface area contributed by atoms with E-state index in [2.05, 4.69) is 10.3 Å². The van der Waals surface area contributed by atoms with E-state index in [1.54, 1.807) is 24.5 Å². The SMILES string of the molecule is C[C@H](NC(=O)c1ccccc1F)c1ccncc1. The summed E-state index contributed by atoms with van der Waals surface area (Å²) in [6, 6.07) is 9.35. The lowest BCUT2D eigenvalue weighted by molar-refractivity contribution is 0.0936. The molecule has 1 amide bonds. The van der Waals surface area contributed by atoms with E-state index in [9.17, 15) is 9.18 Å². The van der Waals surface area contributed by atoms with Gasteiger partial charge >= 0.3 is 0 Å². The number of amides is 1. The minimum absolute atomic E-state index is 0.0541. The zero-order valence-corrected chi connectivity index (χ0v) is 9.93. The molecule has 0 unspecified atom stereocenters. The van der Waals surface area contributed by atoms with Crippen LogP contribution in [0.25, 0.3) is 0 Å². The molecule has 1 aromatic heterocycles. The summed E-state index contributed by atoms with van der Waals surface area (Å²) in [5.41, 5.74) is 0.980. The van der Waals surface area contributed by atoms with Crippen LogP contribution in [0.4, 0.5) is 4.39 Å². The van der Waals surface area contributed by atoms with Crippen LogP contribution in [0.1, 0.15) is 28.9 Å². The molecule has 0 saturated carbocycles. The maximum absolute atomic E-state index is 13.4. The smallest absolute Gasteiger partial charge is 0.254 e.